The molecule has 2 heteroatoms. The molecule has 1 aliphatic rings. The second-order valence-electron chi connectivity index (χ2n) is 4.49. The molecular formula is C12H25NS. The summed E-state index contributed by atoms with van der Waals surface area (Å²) in [6.07, 6.45) is 10.7. The van der Waals surface area contributed by atoms with Crippen LogP contribution in [-0.2, 0) is 0 Å². The zero-order chi connectivity index (χ0) is 10.2. The van der Waals surface area contributed by atoms with Gasteiger partial charge in [0.15, 0.2) is 0 Å². The van der Waals surface area contributed by atoms with Crippen LogP contribution >= 0.6 is 11.8 Å². The molecule has 1 fully saturated rings. The summed E-state index contributed by atoms with van der Waals surface area (Å²) in [5, 5.41) is 3.67. The second kappa shape index (κ2) is 7.58. The quantitative estimate of drug-likeness (QED) is 0.654. The molecule has 0 aromatic rings. The van der Waals surface area contributed by atoms with Crippen molar-refractivity contribution in [2.24, 2.45) is 5.92 Å². The molecule has 84 valence electrons. The highest BCUT2D eigenvalue weighted by molar-refractivity contribution is 7.98. The maximum atomic E-state index is 3.67. The van der Waals surface area contributed by atoms with Crippen LogP contribution in [0.25, 0.3) is 0 Å². The van der Waals surface area contributed by atoms with Crippen molar-refractivity contribution in [1.82, 2.24) is 5.32 Å². The van der Waals surface area contributed by atoms with Crippen LogP contribution in [0.15, 0.2) is 0 Å². The van der Waals surface area contributed by atoms with Gasteiger partial charge in [0.2, 0.25) is 0 Å². The van der Waals surface area contributed by atoms with Gasteiger partial charge >= 0.3 is 0 Å². The lowest BCUT2D eigenvalue weighted by atomic mass is 10.00. The van der Waals surface area contributed by atoms with E-state index >= 15 is 0 Å². The first-order chi connectivity index (χ1) is 6.84. The van der Waals surface area contributed by atoms with Crippen molar-refractivity contribution < 1.29 is 0 Å². The molecule has 0 heterocycles. The third-order valence-electron chi connectivity index (χ3n) is 3.35. The topological polar surface area (TPSA) is 12.0 Å². The summed E-state index contributed by atoms with van der Waals surface area (Å²) in [7, 11) is 0. The van der Waals surface area contributed by atoms with Gasteiger partial charge in [0.1, 0.15) is 0 Å². The Kier molecular flexibility index (Phi) is 6.70. The number of thioether (sulfide) groups is 1. The summed E-state index contributed by atoms with van der Waals surface area (Å²) < 4.78 is 0. The van der Waals surface area contributed by atoms with Crippen molar-refractivity contribution in [3.05, 3.63) is 0 Å². The Morgan fingerprint density at radius 2 is 2.00 bits per heavy atom. The van der Waals surface area contributed by atoms with Gasteiger partial charge in [-0.25, -0.2) is 0 Å². The lowest BCUT2D eigenvalue weighted by molar-refractivity contribution is 0.380. The summed E-state index contributed by atoms with van der Waals surface area (Å²) >= 11 is 1.96. The fourth-order valence-electron chi connectivity index (χ4n) is 2.33. The maximum absolute atomic E-state index is 3.67. The van der Waals surface area contributed by atoms with Gasteiger partial charge in [-0.2, -0.15) is 11.8 Å². The molecule has 0 amide bonds. The van der Waals surface area contributed by atoms with E-state index in [2.05, 4.69) is 18.5 Å². The fourth-order valence-corrected chi connectivity index (χ4v) is 2.82. The number of hydrogen-bond donors (Lipinski definition) is 1. The molecule has 1 nitrogen and oxygen atoms in total. The monoisotopic (exact) mass is 215 g/mol. The van der Waals surface area contributed by atoms with Crippen LogP contribution in [0.4, 0.5) is 0 Å². The highest BCUT2D eigenvalue weighted by Gasteiger charge is 2.20. The van der Waals surface area contributed by atoms with E-state index in [9.17, 15) is 0 Å². The highest BCUT2D eigenvalue weighted by atomic mass is 32.2. The third kappa shape index (κ3) is 4.70. The fraction of sp³-hybridized carbons (Fsp3) is 1.00. The molecule has 0 aromatic carbocycles. The lowest BCUT2D eigenvalue weighted by Gasteiger charge is -2.20. The van der Waals surface area contributed by atoms with Gasteiger partial charge in [-0.3, -0.25) is 0 Å². The largest absolute Gasteiger partial charge is 0.314 e. The number of nitrogens with one attached hydrogen (secondary N) is 1. The van der Waals surface area contributed by atoms with Gasteiger partial charge in [0, 0.05) is 6.04 Å². The van der Waals surface area contributed by atoms with Crippen LogP contribution in [0.5, 0.6) is 0 Å². The number of hydrogen-bond acceptors (Lipinski definition) is 2. The van der Waals surface area contributed by atoms with Gasteiger partial charge in [0.05, 0.1) is 0 Å². The molecular weight excluding hydrogens is 190 g/mol. The molecule has 0 unspecified atom stereocenters. The number of rotatable bonds is 7. The van der Waals surface area contributed by atoms with Crippen molar-refractivity contribution >= 4 is 11.8 Å². The molecule has 0 radical (unpaired) electrons. The van der Waals surface area contributed by atoms with Crippen molar-refractivity contribution in [1.29, 1.82) is 0 Å². The van der Waals surface area contributed by atoms with Crippen LogP contribution in [0.2, 0.25) is 0 Å². The summed E-state index contributed by atoms with van der Waals surface area (Å²) in [5.41, 5.74) is 0. The van der Waals surface area contributed by atoms with E-state index in [4.69, 9.17) is 0 Å². The average molecular weight is 215 g/mol. The minimum Gasteiger partial charge on any atom is -0.314 e. The Hall–Kier alpha value is 0.310. The van der Waals surface area contributed by atoms with E-state index in [1.54, 1.807) is 0 Å². The van der Waals surface area contributed by atoms with Gasteiger partial charge < -0.3 is 5.32 Å². The van der Waals surface area contributed by atoms with Crippen molar-refractivity contribution in [2.45, 2.75) is 51.5 Å². The van der Waals surface area contributed by atoms with Gasteiger partial charge in [-0.05, 0) is 57.1 Å². The molecule has 0 bridgehead atoms. The van der Waals surface area contributed by atoms with Gasteiger partial charge in [-0.1, -0.05) is 12.8 Å². The summed E-state index contributed by atoms with van der Waals surface area (Å²) in [5.74, 6) is 2.29. The predicted octanol–water partition coefficient (Wildman–Crippen LogP) is 3.30. The first kappa shape index (κ1) is 12.4. The molecule has 1 atom stereocenters. The van der Waals surface area contributed by atoms with Crippen LogP contribution in [0.1, 0.15) is 45.4 Å². The Bertz CT molecular complexity index is 132. The Labute approximate surface area is 93.4 Å². The SMILES string of the molecule is CSCCCCN[C@H](C)C1CCCC1. The van der Waals surface area contributed by atoms with E-state index in [1.807, 2.05) is 11.8 Å². The maximum Gasteiger partial charge on any atom is 0.00669 e. The highest BCUT2D eigenvalue weighted by Crippen LogP contribution is 2.27. The molecule has 0 saturated heterocycles. The molecule has 0 spiro atoms. The predicted molar refractivity (Wildman–Crippen MR) is 67.0 cm³/mol. The van der Waals surface area contributed by atoms with E-state index in [0.717, 1.165) is 12.0 Å². The Balaban J connectivity index is 1.94. The van der Waals surface area contributed by atoms with E-state index < -0.39 is 0 Å². The van der Waals surface area contributed by atoms with Crippen LogP contribution in [0, 0.1) is 5.92 Å². The zero-order valence-corrected chi connectivity index (χ0v) is 10.5. The third-order valence-corrected chi connectivity index (χ3v) is 4.05. The van der Waals surface area contributed by atoms with Crippen LogP contribution < -0.4 is 5.32 Å². The first-order valence-corrected chi connectivity index (χ1v) is 7.46. The van der Waals surface area contributed by atoms with Crippen LogP contribution in [-0.4, -0.2) is 24.6 Å². The number of unbranched alkanes of at least 4 members (excludes halogenated alkanes) is 1. The normalized spacial score (nSPS) is 20.1. The minimum absolute atomic E-state index is 0.756. The molecule has 1 aliphatic carbocycles. The van der Waals surface area contributed by atoms with Crippen molar-refractivity contribution in [2.75, 3.05) is 18.6 Å². The van der Waals surface area contributed by atoms with Gasteiger partial charge in [-0.15, -0.1) is 0 Å². The van der Waals surface area contributed by atoms with Crippen molar-refractivity contribution in [3.8, 4) is 0 Å². The standard InChI is InChI=1S/C12H25NS/c1-11(12-7-3-4-8-12)13-9-5-6-10-14-2/h11-13H,3-10H2,1-2H3/t11-/m1/s1. The van der Waals surface area contributed by atoms with Gasteiger partial charge in [0.25, 0.3) is 0 Å². The van der Waals surface area contributed by atoms with E-state index in [1.165, 1.54) is 50.8 Å². The zero-order valence-electron chi connectivity index (χ0n) is 9.72. The van der Waals surface area contributed by atoms with E-state index in [-0.39, 0.29) is 0 Å². The summed E-state index contributed by atoms with van der Waals surface area (Å²) in [6, 6.07) is 0.756. The smallest absolute Gasteiger partial charge is 0.00669 e. The second-order valence-corrected chi connectivity index (χ2v) is 5.47. The summed E-state index contributed by atoms with van der Waals surface area (Å²) in [4.78, 5) is 0. The Morgan fingerprint density at radius 3 is 2.64 bits per heavy atom. The first-order valence-electron chi connectivity index (χ1n) is 6.07. The van der Waals surface area contributed by atoms with Crippen LogP contribution in [0.3, 0.4) is 0 Å². The minimum atomic E-state index is 0.756. The molecule has 1 N–H and O–H groups in total. The molecule has 0 aliphatic heterocycles. The lowest BCUT2D eigenvalue weighted by Crippen LogP contribution is -2.32. The molecule has 14 heavy (non-hydrogen) atoms. The Morgan fingerprint density at radius 1 is 1.29 bits per heavy atom. The average Bonchev–Trinajstić information content (AvgIpc) is 2.70. The van der Waals surface area contributed by atoms with E-state index in [0.29, 0.717) is 0 Å². The van der Waals surface area contributed by atoms with Crippen molar-refractivity contribution in [3.63, 3.8) is 0 Å². The molecule has 1 rings (SSSR count). The molecule has 1 saturated carbocycles. The summed E-state index contributed by atoms with van der Waals surface area (Å²) in [6.45, 7) is 3.59. The molecule has 0 aromatic heterocycles.